The molecule has 0 aliphatic rings. The van der Waals surface area contributed by atoms with E-state index in [1.54, 1.807) is 0 Å². The number of benzene rings is 1. The highest BCUT2D eigenvalue weighted by molar-refractivity contribution is 9.10. The fourth-order valence-electron chi connectivity index (χ4n) is 1.52. The van der Waals surface area contributed by atoms with E-state index >= 15 is 0 Å². The number of hydrogen-bond donors (Lipinski definition) is 1. The summed E-state index contributed by atoms with van der Waals surface area (Å²) in [5.74, 6) is 0.673. The molecule has 1 aromatic carbocycles. The predicted molar refractivity (Wildman–Crippen MR) is 75.6 cm³/mol. The summed E-state index contributed by atoms with van der Waals surface area (Å²) in [6, 6.07) is 3.81. The van der Waals surface area contributed by atoms with Gasteiger partial charge in [-0.25, -0.2) is 4.79 Å². The van der Waals surface area contributed by atoms with E-state index in [1.807, 2.05) is 26.1 Å². The number of ether oxygens (including phenoxy) is 3. The van der Waals surface area contributed by atoms with Crippen LogP contribution in [0.3, 0.4) is 0 Å². The lowest BCUT2D eigenvalue weighted by molar-refractivity contribution is -0.142. The van der Waals surface area contributed by atoms with Crippen LogP contribution >= 0.6 is 15.9 Å². The van der Waals surface area contributed by atoms with Gasteiger partial charge in [0.15, 0.2) is 18.1 Å². The van der Waals surface area contributed by atoms with Gasteiger partial charge >= 0.3 is 5.97 Å². The van der Waals surface area contributed by atoms with Crippen molar-refractivity contribution < 1.29 is 19.0 Å². The van der Waals surface area contributed by atoms with E-state index in [9.17, 15) is 4.79 Å². The first kappa shape index (κ1) is 15.8. The molecule has 0 unspecified atom stereocenters. The van der Waals surface area contributed by atoms with E-state index in [0.29, 0.717) is 18.1 Å². The number of carbonyl (C=O) groups excluding carboxylic acids is 1. The molecule has 0 aliphatic carbocycles. The molecule has 5 nitrogen and oxygen atoms in total. The topological polar surface area (TPSA) is 56.8 Å². The van der Waals surface area contributed by atoms with Gasteiger partial charge < -0.3 is 19.5 Å². The van der Waals surface area contributed by atoms with E-state index in [1.165, 1.54) is 7.11 Å². The Morgan fingerprint density at radius 1 is 1.37 bits per heavy atom. The lowest BCUT2D eigenvalue weighted by Crippen LogP contribution is -2.14. The SMILES string of the molecule is CCOc1cc(CNC)cc(Br)c1OCC(=O)OC. The first-order valence-electron chi connectivity index (χ1n) is 5.91. The maximum atomic E-state index is 11.1. The molecule has 1 N–H and O–H groups in total. The summed E-state index contributed by atoms with van der Waals surface area (Å²) in [4.78, 5) is 11.1. The number of carbonyl (C=O) groups is 1. The van der Waals surface area contributed by atoms with E-state index in [0.717, 1.165) is 16.6 Å². The second-order valence-corrected chi connectivity index (χ2v) is 4.59. The molecule has 0 aliphatic heterocycles. The largest absolute Gasteiger partial charge is 0.490 e. The average molecular weight is 332 g/mol. The highest BCUT2D eigenvalue weighted by atomic mass is 79.9. The van der Waals surface area contributed by atoms with Crippen LogP contribution in [0.4, 0.5) is 0 Å². The molecule has 106 valence electrons. The normalized spacial score (nSPS) is 10.1. The maximum Gasteiger partial charge on any atom is 0.343 e. The van der Waals surface area contributed by atoms with Gasteiger partial charge in [0, 0.05) is 6.54 Å². The van der Waals surface area contributed by atoms with Crippen LogP contribution in [-0.4, -0.2) is 33.3 Å². The minimum Gasteiger partial charge on any atom is -0.490 e. The van der Waals surface area contributed by atoms with Crippen molar-refractivity contribution in [2.75, 3.05) is 27.4 Å². The van der Waals surface area contributed by atoms with Crippen LogP contribution in [0.25, 0.3) is 0 Å². The second-order valence-electron chi connectivity index (χ2n) is 3.73. The van der Waals surface area contributed by atoms with Crippen molar-refractivity contribution in [1.82, 2.24) is 5.32 Å². The quantitative estimate of drug-likeness (QED) is 0.775. The predicted octanol–water partition coefficient (Wildman–Crippen LogP) is 2.12. The third-order valence-electron chi connectivity index (χ3n) is 2.31. The molecule has 0 atom stereocenters. The molecule has 1 aromatic rings. The third-order valence-corrected chi connectivity index (χ3v) is 2.90. The summed E-state index contributed by atoms with van der Waals surface area (Å²) in [7, 11) is 3.19. The van der Waals surface area contributed by atoms with Crippen LogP contribution in [0, 0.1) is 0 Å². The van der Waals surface area contributed by atoms with Gasteiger partial charge in [-0.05, 0) is 47.6 Å². The van der Waals surface area contributed by atoms with Crippen LogP contribution in [0.5, 0.6) is 11.5 Å². The van der Waals surface area contributed by atoms with Gasteiger partial charge in [0.05, 0.1) is 18.2 Å². The molecule has 0 fully saturated rings. The Kier molecular flexibility index (Phi) is 6.66. The molecule has 0 spiro atoms. The van der Waals surface area contributed by atoms with Crippen LogP contribution in [0.2, 0.25) is 0 Å². The molecule has 1 rings (SSSR count). The smallest absolute Gasteiger partial charge is 0.343 e. The van der Waals surface area contributed by atoms with E-state index in [2.05, 4.69) is 26.0 Å². The zero-order chi connectivity index (χ0) is 14.3. The number of methoxy groups -OCH3 is 1. The van der Waals surface area contributed by atoms with Gasteiger partial charge in [-0.1, -0.05) is 0 Å². The summed E-state index contributed by atoms with van der Waals surface area (Å²) in [6.07, 6.45) is 0. The number of hydrogen-bond acceptors (Lipinski definition) is 5. The standard InChI is InChI=1S/C13H18BrNO4/c1-4-18-11-6-9(7-15-2)5-10(14)13(11)19-8-12(16)17-3/h5-6,15H,4,7-8H2,1-3H3. The molecule has 0 bridgehead atoms. The third kappa shape index (κ3) is 4.72. The number of halogens is 1. The van der Waals surface area contributed by atoms with Crippen molar-refractivity contribution >= 4 is 21.9 Å². The molecule has 0 saturated carbocycles. The van der Waals surface area contributed by atoms with Gasteiger partial charge in [0.1, 0.15) is 0 Å². The fourth-order valence-corrected chi connectivity index (χ4v) is 2.12. The number of nitrogens with one attached hydrogen (secondary N) is 1. The van der Waals surface area contributed by atoms with Crippen LogP contribution in [0.1, 0.15) is 12.5 Å². The molecule has 6 heteroatoms. The summed E-state index contributed by atoms with van der Waals surface area (Å²) < 4.78 is 16.3. The first-order valence-corrected chi connectivity index (χ1v) is 6.71. The molecular formula is C13H18BrNO4. The number of rotatable bonds is 7. The van der Waals surface area contributed by atoms with Crippen molar-refractivity contribution in [3.05, 3.63) is 22.2 Å². The highest BCUT2D eigenvalue weighted by Gasteiger charge is 2.13. The molecule has 0 heterocycles. The molecule has 0 aromatic heterocycles. The number of esters is 1. The zero-order valence-corrected chi connectivity index (χ0v) is 12.9. The van der Waals surface area contributed by atoms with Crippen molar-refractivity contribution in [1.29, 1.82) is 0 Å². The van der Waals surface area contributed by atoms with Crippen molar-refractivity contribution in [3.8, 4) is 11.5 Å². The lowest BCUT2D eigenvalue weighted by atomic mass is 10.2. The van der Waals surface area contributed by atoms with Gasteiger partial charge in [-0.3, -0.25) is 0 Å². The van der Waals surface area contributed by atoms with E-state index < -0.39 is 5.97 Å². The Balaban J connectivity index is 2.96. The van der Waals surface area contributed by atoms with Crippen LogP contribution in [0.15, 0.2) is 16.6 Å². The van der Waals surface area contributed by atoms with Crippen molar-refractivity contribution in [3.63, 3.8) is 0 Å². The maximum absolute atomic E-state index is 11.1. The second kappa shape index (κ2) is 8.01. The summed E-state index contributed by atoms with van der Waals surface area (Å²) >= 11 is 3.43. The van der Waals surface area contributed by atoms with Crippen molar-refractivity contribution in [2.45, 2.75) is 13.5 Å². The molecular weight excluding hydrogens is 314 g/mol. The molecule has 0 amide bonds. The summed E-state index contributed by atoms with van der Waals surface area (Å²) in [5.41, 5.74) is 1.06. The van der Waals surface area contributed by atoms with Gasteiger partial charge in [0.25, 0.3) is 0 Å². The van der Waals surface area contributed by atoms with Gasteiger partial charge in [0.2, 0.25) is 0 Å². The van der Waals surface area contributed by atoms with Crippen LogP contribution < -0.4 is 14.8 Å². The Bertz CT molecular complexity index is 437. The Morgan fingerprint density at radius 2 is 2.11 bits per heavy atom. The van der Waals surface area contributed by atoms with Gasteiger partial charge in [-0.2, -0.15) is 0 Å². The first-order chi connectivity index (χ1) is 9.12. The Labute approximate surface area is 121 Å². The van der Waals surface area contributed by atoms with E-state index in [-0.39, 0.29) is 6.61 Å². The molecule has 0 radical (unpaired) electrons. The van der Waals surface area contributed by atoms with E-state index in [4.69, 9.17) is 9.47 Å². The Hall–Kier alpha value is -1.27. The molecule has 19 heavy (non-hydrogen) atoms. The lowest BCUT2D eigenvalue weighted by Gasteiger charge is -2.14. The van der Waals surface area contributed by atoms with Gasteiger partial charge in [-0.15, -0.1) is 0 Å². The summed E-state index contributed by atoms with van der Waals surface area (Å²) in [6.45, 7) is 2.98. The Morgan fingerprint density at radius 3 is 2.68 bits per heavy atom. The average Bonchev–Trinajstić information content (AvgIpc) is 2.38. The minimum absolute atomic E-state index is 0.152. The van der Waals surface area contributed by atoms with Crippen LogP contribution in [-0.2, 0) is 16.1 Å². The monoisotopic (exact) mass is 331 g/mol. The highest BCUT2D eigenvalue weighted by Crippen LogP contribution is 2.36. The fraction of sp³-hybridized carbons (Fsp3) is 0.462. The summed E-state index contributed by atoms with van der Waals surface area (Å²) in [5, 5.41) is 3.07. The molecule has 0 saturated heterocycles. The van der Waals surface area contributed by atoms with Crippen molar-refractivity contribution in [2.24, 2.45) is 0 Å². The minimum atomic E-state index is -0.436. The zero-order valence-electron chi connectivity index (χ0n) is 11.3.